The molecule has 2 aromatic carbocycles. The Hall–Kier alpha value is -2.07. The Balaban J connectivity index is 2.47. The summed E-state index contributed by atoms with van der Waals surface area (Å²) >= 11 is 4.99. The maximum atomic E-state index is 5.65. The molecule has 0 saturated carbocycles. The van der Waals surface area contributed by atoms with Crippen LogP contribution < -0.4 is 15.2 Å². The number of methoxy groups -OCH3 is 2. The van der Waals surface area contributed by atoms with Crippen molar-refractivity contribution in [2.24, 2.45) is 5.73 Å². The summed E-state index contributed by atoms with van der Waals surface area (Å²) in [7, 11) is 3.23. The molecule has 2 N–H and O–H groups in total. The first-order valence-electron chi connectivity index (χ1n) is 5.78. The molecule has 0 amide bonds. The van der Waals surface area contributed by atoms with Gasteiger partial charge in [0.2, 0.25) is 0 Å². The van der Waals surface area contributed by atoms with Crippen LogP contribution in [0.2, 0.25) is 0 Å². The molecule has 0 aliphatic heterocycles. The van der Waals surface area contributed by atoms with E-state index in [2.05, 4.69) is 0 Å². The van der Waals surface area contributed by atoms with Crippen molar-refractivity contribution in [2.75, 3.05) is 14.2 Å². The summed E-state index contributed by atoms with van der Waals surface area (Å²) in [5, 5.41) is 0. The summed E-state index contributed by atoms with van der Waals surface area (Å²) < 4.78 is 10.5. The van der Waals surface area contributed by atoms with Gasteiger partial charge in [-0.05, 0) is 29.3 Å². The van der Waals surface area contributed by atoms with E-state index in [4.69, 9.17) is 27.4 Å². The lowest BCUT2D eigenvalue weighted by atomic mass is 10.0. The highest BCUT2D eigenvalue weighted by molar-refractivity contribution is 7.80. The van der Waals surface area contributed by atoms with Crippen molar-refractivity contribution in [1.29, 1.82) is 0 Å². The average molecular weight is 273 g/mol. The number of ether oxygens (including phenoxy) is 2. The van der Waals surface area contributed by atoms with Crippen LogP contribution in [0, 0.1) is 0 Å². The molecule has 0 radical (unpaired) electrons. The lowest BCUT2D eigenvalue weighted by Gasteiger charge is -2.10. The lowest BCUT2D eigenvalue weighted by Crippen LogP contribution is -2.08. The van der Waals surface area contributed by atoms with Gasteiger partial charge in [-0.1, -0.05) is 36.5 Å². The molecule has 0 atom stereocenters. The predicted octanol–water partition coefficient (Wildman–Crippen LogP) is 3.01. The van der Waals surface area contributed by atoms with Crippen LogP contribution in [-0.4, -0.2) is 19.2 Å². The largest absolute Gasteiger partial charge is 0.493 e. The topological polar surface area (TPSA) is 44.5 Å². The average Bonchev–Trinajstić information content (AvgIpc) is 2.46. The van der Waals surface area contributed by atoms with Gasteiger partial charge in [0, 0.05) is 5.56 Å². The maximum Gasteiger partial charge on any atom is 0.161 e. The van der Waals surface area contributed by atoms with E-state index in [1.807, 2.05) is 42.5 Å². The van der Waals surface area contributed by atoms with Crippen LogP contribution in [0.1, 0.15) is 5.56 Å². The summed E-state index contributed by atoms with van der Waals surface area (Å²) in [6.07, 6.45) is 0. The van der Waals surface area contributed by atoms with Crippen molar-refractivity contribution in [3.05, 3.63) is 48.0 Å². The first kappa shape index (κ1) is 13.4. The van der Waals surface area contributed by atoms with E-state index in [1.54, 1.807) is 14.2 Å². The Kier molecular flexibility index (Phi) is 4.02. The van der Waals surface area contributed by atoms with Crippen LogP contribution >= 0.6 is 12.2 Å². The van der Waals surface area contributed by atoms with E-state index in [-0.39, 0.29) is 0 Å². The number of benzene rings is 2. The standard InChI is InChI=1S/C15H15NO2S/c1-17-13-7-6-11(9-14(13)18-2)10-4-3-5-12(8-10)15(16)19/h3-9H,1-2H3,(H2,16,19). The molecule has 3 nitrogen and oxygen atoms in total. The van der Waals surface area contributed by atoms with Gasteiger partial charge < -0.3 is 15.2 Å². The van der Waals surface area contributed by atoms with E-state index in [0.29, 0.717) is 16.5 Å². The predicted molar refractivity (Wildman–Crippen MR) is 80.9 cm³/mol. The van der Waals surface area contributed by atoms with Crippen LogP contribution in [-0.2, 0) is 0 Å². The highest BCUT2D eigenvalue weighted by atomic mass is 32.1. The van der Waals surface area contributed by atoms with Crippen LogP contribution in [0.25, 0.3) is 11.1 Å². The number of thiocarbonyl (C=S) groups is 1. The van der Waals surface area contributed by atoms with Gasteiger partial charge >= 0.3 is 0 Å². The third-order valence-electron chi connectivity index (χ3n) is 2.86. The van der Waals surface area contributed by atoms with Crippen molar-refractivity contribution in [1.82, 2.24) is 0 Å². The van der Waals surface area contributed by atoms with Crippen molar-refractivity contribution in [3.63, 3.8) is 0 Å². The van der Waals surface area contributed by atoms with Gasteiger partial charge in [-0.2, -0.15) is 0 Å². The van der Waals surface area contributed by atoms with Crippen LogP contribution in [0.3, 0.4) is 0 Å². The second kappa shape index (κ2) is 5.71. The molecule has 2 aromatic rings. The minimum Gasteiger partial charge on any atom is -0.493 e. The Morgan fingerprint density at radius 3 is 2.26 bits per heavy atom. The Morgan fingerprint density at radius 2 is 1.63 bits per heavy atom. The van der Waals surface area contributed by atoms with E-state index < -0.39 is 0 Å². The molecule has 0 aliphatic carbocycles. The van der Waals surface area contributed by atoms with E-state index in [9.17, 15) is 0 Å². The van der Waals surface area contributed by atoms with Gasteiger partial charge in [-0.3, -0.25) is 0 Å². The summed E-state index contributed by atoms with van der Waals surface area (Å²) in [6, 6.07) is 13.6. The fourth-order valence-electron chi connectivity index (χ4n) is 1.87. The summed E-state index contributed by atoms with van der Waals surface area (Å²) in [6.45, 7) is 0. The molecular weight excluding hydrogens is 258 g/mol. The molecule has 0 bridgehead atoms. The van der Waals surface area contributed by atoms with E-state index >= 15 is 0 Å². The Morgan fingerprint density at radius 1 is 0.947 bits per heavy atom. The second-order valence-electron chi connectivity index (χ2n) is 4.01. The highest BCUT2D eigenvalue weighted by Crippen LogP contribution is 2.32. The van der Waals surface area contributed by atoms with Crippen molar-refractivity contribution < 1.29 is 9.47 Å². The smallest absolute Gasteiger partial charge is 0.161 e. The molecule has 0 heterocycles. The second-order valence-corrected chi connectivity index (χ2v) is 4.45. The van der Waals surface area contributed by atoms with Crippen LogP contribution in [0.5, 0.6) is 11.5 Å². The van der Waals surface area contributed by atoms with Crippen LogP contribution in [0.4, 0.5) is 0 Å². The first-order chi connectivity index (χ1) is 9.15. The molecule has 2 rings (SSSR count). The normalized spacial score (nSPS) is 10.0. The molecular formula is C15H15NO2S. The number of hydrogen-bond donors (Lipinski definition) is 1. The molecule has 98 valence electrons. The lowest BCUT2D eigenvalue weighted by molar-refractivity contribution is 0.355. The van der Waals surface area contributed by atoms with Crippen molar-refractivity contribution >= 4 is 17.2 Å². The molecule has 19 heavy (non-hydrogen) atoms. The van der Waals surface area contributed by atoms with Gasteiger partial charge in [0.05, 0.1) is 14.2 Å². The minimum atomic E-state index is 0.391. The molecule has 0 saturated heterocycles. The zero-order valence-electron chi connectivity index (χ0n) is 10.8. The minimum absolute atomic E-state index is 0.391. The third-order valence-corrected chi connectivity index (χ3v) is 3.10. The van der Waals surface area contributed by atoms with Crippen molar-refractivity contribution in [3.8, 4) is 22.6 Å². The molecule has 4 heteroatoms. The van der Waals surface area contributed by atoms with E-state index in [0.717, 1.165) is 16.7 Å². The number of rotatable bonds is 4. The molecule has 0 aliphatic rings. The quantitative estimate of drug-likeness (QED) is 0.870. The van der Waals surface area contributed by atoms with Gasteiger partial charge in [-0.25, -0.2) is 0 Å². The van der Waals surface area contributed by atoms with Gasteiger partial charge in [-0.15, -0.1) is 0 Å². The summed E-state index contributed by atoms with van der Waals surface area (Å²) in [5.74, 6) is 1.40. The molecule has 0 fully saturated rings. The van der Waals surface area contributed by atoms with Crippen LogP contribution in [0.15, 0.2) is 42.5 Å². The third kappa shape index (κ3) is 2.85. The molecule has 0 unspecified atom stereocenters. The number of hydrogen-bond acceptors (Lipinski definition) is 3. The first-order valence-corrected chi connectivity index (χ1v) is 6.19. The van der Waals surface area contributed by atoms with E-state index in [1.165, 1.54) is 0 Å². The van der Waals surface area contributed by atoms with Crippen molar-refractivity contribution in [2.45, 2.75) is 0 Å². The molecule has 0 spiro atoms. The molecule has 0 aromatic heterocycles. The zero-order valence-corrected chi connectivity index (χ0v) is 11.7. The Bertz CT molecular complexity index is 611. The Labute approximate surface area is 118 Å². The monoisotopic (exact) mass is 273 g/mol. The SMILES string of the molecule is COc1ccc(-c2cccc(C(N)=S)c2)cc1OC. The summed E-state index contributed by atoms with van der Waals surface area (Å²) in [5.41, 5.74) is 8.56. The van der Waals surface area contributed by atoms with Gasteiger partial charge in [0.15, 0.2) is 11.5 Å². The fourth-order valence-corrected chi connectivity index (χ4v) is 1.99. The highest BCUT2D eigenvalue weighted by Gasteiger charge is 2.07. The van der Waals surface area contributed by atoms with Gasteiger partial charge in [0.1, 0.15) is 4.99 Å². The number of nitrogens with two attached hydrogens (primary N) is 1. The van der Waals surface area contributed by atoms with Gasteiger partial charge in [0.25, 0.3) is 0 Å². The zero-order chi connectivity index (χ0) is 13.8. The fraction of sp³-hybridized carbons (Fsp3) is 0.133. The summed E-state index contributed by atoms with van der Waals surface area (Å²) in [4.78, 5) is 0.391. The maximum absolute atomic E-state index is 5.65.